The first-order valence-corrected chi connectivity index (χ1v) is 10.7. The molecule has 0 fully saturated rings. The van der Waals surface area contributed by atoms with Crippen LogP contribution in [0.1, 0.15) is 16.7 Å². The lowest BCUT2D eigenvalue weighted by atomic mass is 10.1. The lowest BCUT2D eigenvalue weighted by molar-refractivity contribution is -0.136. The molecule has 3 N–H and O–H groups in total. The second-order valence-corrected chi connectivity index (χ2v) is 7.51. The molecule has 0 aromatic heterocycles. The Morgan fingerprint density at radius 2 is 1.69 bits per heavy atom. The van der Waals surface area contributed by atoms with Crippen molar-refractivity contribution in [2.24, 2.45) is 5.10 Å². The highest BCUT2D eigenvalue weighted by molar-refractivity contribution is 6.39. The molecule has 0 aliphatic carbocycles. The Bertz CT molecular complexity index is 1260. The van der Waals surface area contributed by atoms with E-state index in [1.165, 1.54) is 13.3 Å². The highest BCUT2D eigenvalue weighted by Crippen LogP contribution is 2.19. The topological polar surface area (TPSA) is 118 Å². The van der Waals surface area contributed by atoms with Crippen LogP contribution < -0.4 is 25.5 Å². The van der Waals surface area contributed by atoms with E-state index in [1.54, 1.807) is 48.5 Å². The van der Waals surface area contributed by atoms with Gasteiger partial charge in [0.1, 0.15) is 11.5 Å². The number of ether oxygens (including phenoxy) is 2. The summed E-state index contributed by atoms with van der Waals surface area (Å²) < 4.78 is 10.7. The van der Waals surface area contributed by atoms with Crippen LogP contribution in [0.15, 0.2) is 71.8 Å². The molecule has 0 radical (unpaired) electrons. The molecule has 0 atom stereocenters. The SMILES string of the molecule is COc1cccc(NC(=O)C(=O)N/N=C\c2ccccc2OCC(=O)Nc2cccc(C)c2C)c1. The van der Waals surface area contributed by atoms with Crippen molar-refractivity contribution in [3.63, 3.8) is 0 Å². The Balaban J connectivity index is 1.54. The van der Waals surface area contributed by atoms with Crippen LogP contribution in [0.4, 0.5) is 11.4 Å². The van der Waals surface area contributed by atoms with E-state index in [2.05, 4.69) is 21.2 Å². The standard InChI is InChI=1S/C26H26N4O5/c1-17-8-6-12-22(18(17)2)29-24(31)16-35-23-13-5-4-9-19(23)15-27-30-26(33)25(32)28-20-10-7-11-21(14-20)34-3/h4-15H,16H2,1-3H3,(H,28,32)(H,29,31)(H,30,33)/b27-15-. The Kier molecular flexibility index (Phi) is 8.55. The maximum absolute atomic E-state index is 12.4. The Morgan fingerprint density at radius 3 is 2.49 bits per heavy atom. The molecular formula is C26H26N4O5. The number of amides is 3. The molecule has 3 amide bonds. The van der Waals surface area contributed by atoms with Gasteiger partial charge in [-0.25, -0.2) is 5.43 Å². The summed E-state index contributed by atoms with van der Waals surface area (Å²) in [5.74, 6) is -1.21. The summed E-state index contributed by atoms with van der Waals surface area (Å²) in [4.78, 5) is 36.5. The molecule has 0 aliphatic heterocycles. The summed E-state index contributed by atoms with van der Waals surface area (Å²) in [5.41, 5.74) is 5.88. The molecule has 0 spiro atoms. The van der Waals surface area contributed by atoms with E-state index >= 15 is 0 Å². The molecule has 0 saturated heterocycles. The lowest BCUT2D eigenvalue weighted by Crippen LogP contribution is -2.32. The maximum atomic E-state index is 12.4. The largest absolute Gasteiger partial charge is 0.497 e. The van der Waals surface area contributed by atoms with Crippen LogP contribution in [-0.4, -0.2) is 37.7 Å². The van der Waals surface area contributed by atoms with Crippen LogP contribution in [0, 0.1) is 13.8 Å². The second-order valence-electron chi connectivity index (χ2n) is 7.51. The number of hydrogen-bond acceptors (Lipinski definition) is 6. The zero-order chi connectivity index (χ0) is 25.2. The number of benzene rings is 3. The van der Waals surface area contributed by atoms with Gasteiger partial charge in [0.05, 0.1) is 13.3 Å². The van der Waals surface area contributed by atoms with Gasteiger partial charge in [-0.3, -0.25) is 14.4 Å². The number of carbonyl (C=O) groups excluding carboxylic acids is 3. The molecule has 0 heterocycles. The lowest BCUT2D eigenvalue weighted by Gasteiger charge is -2.12. The summed E-state index contributed by atoms with van der Waals surface area (Å²) >= 11 is 0. The molecule has 9 nitrogen and oxygen atoms in total. The zero-order valence-corrected chi connectivity index (χ0v) is 19.6. The Labute approximate surface area is 203 Å². The van der Waals surface area contributed by atoms with Gasteiger partial charge >= 0.3 is 11.8 Å². The van der Waals surface area contributed by atoms with Crippen molar-refractivity contribution in [1.29, 1.82) is 0 Å². The van der Waals surface area contributed by atoms with Crippen molar-refractivity contribution in [3.05, 3.63) is 83.4 Å². The summed E-state index contributed by atoms with van der Waals surface area (Å²) in [5, 5.41) is 9.12. The van der Waals surface area contributed by atoms with E-state index in [9.17, 15) is 14.4 Å². The fourth-order valence-electron chi connectivity index (χ4n) is 3.03. The molecule has 180 valence electrons. The van der Waals surface area contributed by atoms with Gasteiger partial charge in [0.2, 0.25) is 0 Å². The van der Waals surface area contributed by atoms with E-state index in [4.69, 9.17) is 9.47 Å². The number of nitrogens with one attached hydrogen (secondary N) is 3. The van der Waals surface area contributed by atoms with Crippen LogP contribution in [0.5, 0.6) is 11.5 Å². The predicted octanol–water partition coefficient (Wildman–Crippen LogP) is 3.42. The minimum Gasteiger partial charge on any atom is -0.497 e. The molecule has 3 aromatic rings. The third-order valence-electron chi connectivity index (χ3n) is 5.06. The average Bonchev–Trinajstić information content (AvgIpc) is 2.86. The van der Waals surface area contributed by atoms with Crippen molar-refractivity contribution >= 4 is 35.3 Å². The molecule has 0 aliphatic rings. The number of rotatable bonds is 8. The Hall–Kier alpha value is -4.66. The van der Waals surface area contributed by atoms with Gasteiger partial charge in [0, 0.05) is 23.0 Å². The fraction of sp³-hybridized carbons (Fsp3) is 0.154. The van der Waals surface area contributed by atoms with Gasteiger partial charge in [-0.15, -0.1) is 0 Å². The van der Waals surface area contributed by atoms with Crippen LogP contribution >= 0.6 is 0 Å². The molecule has 3 rings (SSSR count). The van der Waals surface area contributed by atoms with E-state index in [-0.39, 0.29) is 12.5 Å². The first-order chi connectivity index (χ1) is 16.9. The first-order valence-electron chi connectivity index (χ1n) is 10.7. The smallest absolute Gasteiger partial charge is 0.329 e. The third-order valence-corrected chi connectivity index (χ3v) is 5.06. The predicted molar refractivity (Wildman–Crippen MR) is 134 cm³/mol. The van der Waals surface area contributed by atoms with Gasteiger partial charge in [-0.05, 0) is 55.3 Å². The fourth-order valence-corrected chi connectivity index (χ4v) is 3.03. The number of methoxy groups -OCH3 is 1. The number of hydrazone groups is 1. The van der Waals surface area contributed by atoms with E-state index < -0.39 is 11.8 Å². The summed E-state index contributed by atoms with van der Waals surface area (Å²) in [6.45, 7) is 3.69. The highest BCUT2D eigenvalue weighted by Gasteiger charge is 2.13. The number of aryl methyl sites for hydroxylation is 1. The van der Waals surface area contributed by atoms with Crippen LogP contribution in [0.2, 0.25) is 0 Å². The van der Waals surface area contributed by atoms with Crippen LogP contribution in [0.3, 0.4) is 0 Å². The minimum absolute atomic E-state index is 0.215. The van der Waals surface area contributed by atoms with Crippen molar-refractivity contribution in [3.8, 4) is 11.5 Å². The number of nitrogens with zero attached hydrogens (tertiary/aromatic N) is 1. The number of carbonyl (C=O) groups is 3. The van der Waals surface area contributed by atoms with Gasteiger partial charge < -0.3 is 20.1 Å². The summed E-state index contributed by atoms with van der Waals surface area (Å²) in [6, 6.07) is 19.1. The molecular weight excluding hydrogens is 448 g/mol. The summed E-state index contributed by atoms with van der Waals surface area (Å²) in [6.07, 6.45) is 1.33. The normalized spacial score (nSPS) is 10.5. The van der Waals surface area contributed by atoms with E-state index in [0.29, 0.717) is 22.7 Å². The minimum atomic E-state index is -0.949. The average molecular weight is 475 g/mol. The Morgan fingerprint density at radius 1 is 0.914 bits per heavy atom. The first kappa shape index (κ1) is 25.0. The van der Waals surface area contributed by atoms with Crippen molar-refractivity contribution in [1.82, 2.24) is 5.43 Å². The zero-order valence-electron chi connectivity index (χ0n) is 19.6. The molecule has 0 bridgehead atoms. The highest BCUT2D eigenvalue weighted by atomic mass is 16.5. The van der Waals surface area contributed by atoms with Crippen LogP contribution in [-0.2, 0) is 14.4 Å². The van der Waals surface area contributed by atoms with Gasteiger partial charge in [0.25, 0.3) is 5.91 Å². The number of para-hydroxylation sites is 1. The molecule has 35 heavy (non-hydrogen) atoms. The van der Waals surface area contributed by atoms with Gasteiger partial charge in [-0.2, -0.15) is 5.10 Å². The number of anilines is 2. The number of hydrogen-bond donors (Lipinski definition) is 3. The monoisotopic (exact) mass is 474 g/mol. The molecule has 0 saturated carbocycles. The van der Waals surface area contributed by atoms with E-state index in [0.717, 1.165) is 16.8 Å². The van der Waals surface area contributed by atoms with E-state index in [1.807, 2.05) is 32.0 Å². The van der Waals surface area contributed by atoms with Gasteiger partial charge in [0.15, 0.2) is 6.61 Å². The third kappa shape index (κ3) is 7.16. The maximum Gasteiger partial charge on any atom is 0.329 e. The molecule has 9 heteroatoms. The molecule has 0 unspecified atom stereocenters. The second kappa shape index (κ2) is 12.0. The quantitative estimate of drug-likeness (QED) is 0.263. The van der Waals surface area contributed by atoms with Crippen LogP contribution in [0.25, 0.3) is 0 Å². The summed E-state index contributed by atoms with van der Waals surface area (Å²) in [7, 11) is 1.50. The van der Waals surface area contributed by atoms with Crippen molar-refractivity contribution in [2.45, 2.75) is 13.8 Å². The van der Waals surface area contributed by atoms with Crippen molar-refractivity contribution in [2.75, 3.05) is 24.4 Å². The molecule has 3 aromatic carbocycles. The van der Waals surface area contributed by atoms with Gasteiger partial charge in [-0.1, -0.05) is 30.3 Å². The van der Waals surface area contributed by atoms with Crippen molar-refractivity contribution < 1.29 is 23.9 Å².